The van der Waals surface area contributed by atoms with Crippen molar-refractivity contribution in [2.24, 2.45) is 0 Å². The van der Waals surface area contributed by atoms with Crippen molar-refractivity contribution in [3.63, 3.8) is 0 Å². The number of hydrogen-bond acceptors (Lipinski definition) is 4. The third-order valence-electron chi connectivity index (χ3n) is 4.23. The molecule has 2 rings (SSSR count). The maximum Gasteiger partial charge on any atom is 0.326 e. The predicted octanol–water partition coefficient (Wildman–Crippen LogP) is 2.10. The van der Waals surface area contributed by atoms with Gasteiger partial charge in [0.1, 0.15) is 17.9 Å². The van der Waals surface area contributed by atoms with E-state index in [2.05, 4.69) is 5.32 Å². The van der Waals surface area contributed by atoms with E-state index in [-0.39, 0.29) is 19.0 Å². The standard InChI is InChI=1S/C18H22N2O5/c1-10-7-14-15(9-25-16(14)8-11(10)2)17(22)20(12(3)18(23)24)6-5-19-13(4)21/h7-9,12H,5-6H2,1-4H3,(H,19,21)(H,23,24). The first kappa shape index (κ1) is 18.5. The molecule has 0 saturated heterocycles. The largest absolute Gasteiger partial charge is 0.480 e. The van der Waals surface area contributed by atoms with Gasteiger partial charge in [-0.3, -0.25) is 9.59 Å². The van der Waals surface area contributed by atoms with Crippen molar-refractivity contribution < 1.29 is 23.9 Å². The molecule has 0 spiro atoms. The van der Waals surface area contributed by atoms with Gasteiger partial charge >= 0.3 is 5.97 Å². The van der Waals surface area contributed by atoms with Crippen LogP contribution in [0.25, 0.3) is 11.0 Å². The van der Waals surface area contributed by atoms with Gasteiger partial charge in [-0.15, -0.1) is 0 Å². The van der Waals surface area contributed by atoms with Crippen molar-refractivity contribution in [1.29, 1.82) is 0 Å². The molecule has 1 aromatic heterocycles. The van der Waals surface area contributed by atoms with Gasteiger partial charge < -0.3 is 19.7 Å². The molecule has 1 unspecified atom stereocenters. The van der Waals surface area contributed by atoms with Crippen LogP contribution in [0.3, 0.4) is 0 Å². The minimum Gasteiger partial charge on any atom is -0.480 e. The summed E-state index contributed by atoms with van der Waals surface area (Å²) in [7, 11) is 0. The van der Waals surface area contributed by atoms with E-state index in [0.29, 0.717) is 16.5 Å². The molecule has 1 atom stereocenters. The highest BCUT2D eigenvalue weighted by molar-refractivity contribution is 6.07. The zero-order chi connectivity index (χ0) is 18.7. The Morgan fingerprint density at radius 1 is 1.24 bits per heavy atom. The Labute approximate surface area is 145 Å². The second-order valence-electron chi connectivity index (χ2n) is 6.08. The van der Waals surface area contributed by atoms with Gasteiger partial charge in [-0.2, -0.15) is 0 Å². The summed E-state index contributed by atoms with van der Waals surface area (Å²) in [4.78, 5) is 36.5. The molecule has 2 aromatic rings. The van der Waals surface area contributed by atoms with E-state index in [0.717, 1.165) is 11.1 Å². The lowest BCUT2D eigenvalue weighted by molar-refractivity contribution is -0.141. The van der Waals surface area contributed by atoms with Crippen molar-refractivity contribution in [2.45, 2.75) is 33.7 Å². The molecule has 0 radical (unpaired) electrons. The monoisotopic (exact) mass is 346 g/mol. The maximum absolute atomic E-state index is 12.9. The lowest BCUT2D eigenvalue weighted by Crippen LogP contribution is -2.46. The van der Waals surface area contributed by atoms with Crippen LogP contribution in [0.2, 0.25) is 0 Å². The van der Waals surface area contributed by atoms with Gasteiger partial charge in [-0.25, -0.2) is 4.79 Å². The molecule has 1 aromatic carbocycles. The van der Waals surface area contributed by atoms with Crippen molar-refractivity contribution in [3.05, 3.63) is 35.1 Å². The number of nitrogens with zero attached hydrogens (tertiary/aromatic N) is 1. The third kappa shape index (κ3) is 3.99. The number of carboxylic acid groups (broad SMARTS) is 1. The maximum atomic E-state index is 12.9. The van der Waals surface area contributed by atoms with Crippen LogP contribution in [0.1, 0.15) is 35.3 Å². The van der Waals surface area contributed by atoms with E-state index in [4.69, 9.17) is 4.42 Å². The number of carboxylic acids is 1. The highest BCUT2D eigenvalue weighted by atomic mass is 16.4. The molecule has 0 bridgehead atoms. The van der Waals surface area contributed by atoms with Crippen LogP contribution in [-0.2, 0) is 9.59 Å². The SMILES string of the molecule is CC(=O)NCCN(C(=O)c1coc2cc(C)c(C)cc12)C(C)C(=O)O. The van der Waals surface area contributed by atoms with Crippen LogP contribution in [0.4, 0.5) is 0 Å². The fourth-order valence-electron chi connectivity index (χ4n) is 2.56. The number of hydrogen-bond donors (Lipinski definition) is 2. The van der Waals surface area contributed by atoms with Crippen LogP contribution >= 0.6 is 0 Å². The molecule has 2 N–H and O–H groups in total. The smallest absolute Gasteiger partial charge is 0.326 e. The summed E-state index contributed by atoms with van der Waals surface area (Å²) in [6.07, 6.45) is 1.35. The van der Waals surface area contributed by atoms with Crippen LogP contribution in [0.15, 0.2) is 22.8 Å². The molecule has 1 heterocycles. The number of nitrogens with one attached hydrogen (secondary N) is 1. The Balaban J connectivity index is 2.36. The van der Waals surface area contributed by atoms with Crippen LogP contribution < -0.4 is 5.32 Å². The lowest BCUT2D eigenvalue weighted by atomic mass is 10.0. The molecule has 0 aliphatic carbocycles. The van der Waals surface area contributed by atoms with Crippen LogP contribution in [0, 0.1) is 13.8 Å². The topological polar surface area (TPSA) is 99.9 Å². The lowest BCUT2D eigenvalue weighted by Gasteiger charge is -2.26. The first-order chi connectivity index (χ1) is 11.7. The Bertz CT molecular complexity index is 824. The van der Waals surface area contributed by atoms with Gasteiger partial charge in [0, 0.05) is 25.4 Å². The first-order valence-electron chi connectivity index (χ1n) is 7.99. The van der Waals surface area contributed by atoms with E-state index in [9.17, 15) is 19.5 Å². The predicted molar refractivity (Wildman–Crippen MR) is 92.5 cm³/mol. The Morgan fingerprint density at radius 3 is 2.48 bits per heavy atom. The molecule has 0 saturated carbocycles. The number of amides is 2. The number of aliphatic carboxylic acids is 1. The van der Waals surface area contributed by atoms with E-state index in [1.54, 1.807) is 0 Å². The van der Waals surface area contributed by atoms with E-state index in [1.807, 2.05) is 26.0 Å². The Morgan fingerprint density at radius 2 is 1.88 bits per heavy atom. The molecule has 0 fully saturated rings. The fraction of sp³-hybridized carbons (Fsp3) is 0.389. The minimum atomic E-state index is -1.11. The van der Waals surface area contributed by atoms with Crippen molar-refractivity contribution in [2.75, 3.05) is 13.1 Å². The van der Waals surface area contributed by atoms with Crippen molar-refractivity contribution in [1.82, 2.24) is 10.2 Å². The molecular weight excluding hydrogens is 324 g/mol. The molecular formula is C18H22N2O5. The molecule has 2 amide bonds. The molecule has 0 aliphatic heterocycles. The average molecular weight is 346 g/mol. The highest BCUT2D eigenvalue weighted by Crippen LogP contribution is 2.26. The summed E-state index contributed by atoms with van der Waals surface area (Å²) in [5.41, 5.74) is 2.95. The van der Waals surface area contributed by atoms with E-state index in [1.165, 1.54) is 25.0 Å². The number of carbonyl (C=O) groups is 3. The minimum absolute atomic E-state index is 0.0867. The number of rotatable bonds is 6. The van der Waals surface area contributed by atoms with Gasteiger partial charge in [0.25, 0.3) is 5.91 Å². The first-order valence-corrected chi connectivity index (χ1v) is 7.99. The Hall–Kier alpha value is -2.83. The molecule has 134 valence electrons. The fourth-order valence-corrected chi connectivity index (χ4v) is 2.56. The summed E-state index contributed by atoms with van der Waals surface area (Å²) in [5, 5.41) is 12.5. The number of carbonyl (C=O) groups excluding carboxylic acids is 2. The summed E-state index contributed by atoms with van der Waals surface area (Å²) >= 11 is 0. The van der Waals surface area contributed by atoms with Gasteiger partial charge in [0.05, 0.1) is 5.56 Å². The van der Waals surface area contributed by atoms with E-state index < -0.39 is 17.9 Å². The molecule has 7 nitrogen and oxygen atoms in total. The third-order valence-corrected chi connectivity index (χ3v) is 4.23. The number of benzene rings is 1. The Kier molecular flexibility index (Phi) is 5.46. The zero-order valence-electron chi connectivity index (χ0n) is 14.8. The summed E-state index contributed by atoms with van der Waals surface area (Å²) in [5.74, 6) is -1.80. The van der Waals surface area contributed by atoms with Gasteiger partial charge in [0.15, 0.2) is 0 Å². The van der Waals surface area contributed by atoms with Crippen LogP contribution in [-0.4, -0.2) is 46.9 Å². The van der Waals surface area contributed by atoms with E-state index >= 15 is 0 Å². The average Bonchev–Trinajstić information content (AvgIpc) is 2.93. The van der Waals surface area contributed by atoms with Gasteiger partial charge in [-0.1, -0.05) is 0 Å². The summed E-state index contributed by atoms with van der Waals surface area (Å²) in [6, 6.07) is 2.68. The second kappa shape index (κ2) is 7.38. The number of furan rings is 1. The summed E-state index contributed by atoms with van der Waals surface area (Å²) < 4.78 is 5.47. The number of fused-ring (bicyclic) bond motifs is 1. The van der Waals surface area contributed by atoms with Gasteiger partial charge in [-0.05, 0) is 44.0 Å². The molecule has 0 aliphatic rings. The quantitative estimate of drug-likeness (QED) is 0.834. The van der Waals surface area contributed by atoms with Crippen molar-refractivity contribution >= 4 is 28.8 Å². The summed E-state index contributed by atoms with van der Waals surface area (Å²) in [6.45, 7) is 6.94. The number of aryl methyl sites for hydroxylation is 2. The van der Waals surface area contributed by atoms with Gasteiger partial charge in [0.2, 0.25) is 5.91 Å². The molecule has 25 heavy (non-hydrogen) atoms. The van der Waals surface area contributed by atoms with Crippen molar-refractivity contribution in [3.8, 4) is 0 Å². The zero-order valence-corrected chi connectivity index (χ0v) is 14.8. The second-order valence-corrected chi connectivity index (χ2v) is 6.08. The molecule has 7 heteroatoms. The van der Waals surface area contributed by atoms with Crippen LogP contribution in [0.5, 0.6) is 0 Å². The highest BCUT2D eigenvalue weighted by Gasteiger charge is 2.28. The normalized spacial score (nSPS) is 12.0.